The first kappa shape index (κ1) is 14.9. The molecule has 0 bridgehead atoms. The van der Waals surface area contributed by atoms with Crippen LogP contribution in [0.1, 0.15) is 0 Å². The number of alkyl halides is 3. The van der Waals surface area contributed by atoms with Crippen LogP contribution in [0.25, 0.3) is 11.5 Å². The van der Waals surface area contributed by atoms with Gasteiger partial charge in [0.05, 0.1) is 7.11 Å². The van der Waals surface area contributed by atoms with E-state index in [9.17, 15) is 4.79 Å². The number of methoxy groups -OCH3 is 1. The van der Waals surface area contributed by atoms with Crippen molar-refractivity contribution in [3.05, 3.63) is 24.3 Å². The highest BCUT2D eigenvalue weighted by Crippen LogP contribution is 2.28. The number of nitrogens with one attached hydrogen (secondary N) is 1. The van der Waals surface area contributed by atoms with E-state index in [1.165, 1.54) is 0 Å². The molecule has 1 aromatic heterocycles. The minimum atomic E-state index is -2.10. The van der Waals surface area contributed by atoms with E-state index in [0.29, 0.717) is 11.3 Å². The van der Waals surface area contributed by atoms with Crippen LogP contribution >= 0.6 is 34.8 Å². The number of hydrogen-bond acceptors (Lipinski definition) is 5. The topological polar surface area (TPSA) is 77.3 Å². The zero-order valence-electron chi connectivity index (χ0n) is 10.1. The number of carbonyl (C=O) groups excluding carboxylic acids is 1. The van der Waals surface area contributed by atoms with Crippen LogP contribution in [0.3, 0.4) is 0 Å². The standard InChI is InChI=1S/C11H8Cl3N3O3/c1-19-7-4-2-6(3-5-7)8-16-17-10(20-8)15-9(18)11(12,13)14/h2-5H,1H3,(H,15,17,18). The first-order valence-corrected chi connectivity index (χ1v) is 6.39. The molecule has 1 aromatic carbocycles. The van der Waals surface area contributed by atoms with E-state index in [0.717, 1.165) is 0 Å². The molecule has 0 aliphatic carbocycles. The van der Waals surface area contributed by atoms with Crippen molar-refractivity contribution in [1.29, 1.82) is 0 Å². The van der Waals surface area contributed by atoms with Gasteiger partial charge in [0.2, 0.25) is 5.89 Å². The Hall–Kier alpha value is -1.50. The fourth-order valence-electron chi connectivity index (χ4n) is 1.29. The molecule has 0 atom stereocenters. The van der Waals surface area contributed by atoms with Crippen molar-refractivity contribution in [2.75, 3.05) is 12.4 Å². The Morgan fingerprint density at radius 3 is 2.45 bits per heavy atom. The van der Waals surface area contributed by atoms with Crippen LogP contribution in [0, 0.1) is 0 Å². The lowest BCUT2D eigenvalue weighted by Gasteiger charge is -2.07. The molecule has 0 aliphatic rings. The molecule has 20 heavy (non-hydrogen) atoms. The number of nitrogens with zero attached hydrogens (tertiary/aromatic N) is 2. The number of halogens is 3. The van der Waals surface area contributed by atoms with Crippen molar-refractivity contribution in [2.24, 2.45) is 0 Å². The Bertz CT molecular complexity index is 607. The zero-order valence-corrected chi connectivity index (χ0v) is 12.3. The van der Waals surface area contributed by atoms with E-state index in [1.807, 2.05) is 0 Å². The van der Waals surface area contributed by atoms with Gasteiger partial charge >= 0.3 is 6.01 Å². The van der Waals surface area contributed by atoms with Gasteiger partial charge in [-0.3, -0.25) is 10.1 Å². The van der Waals surface area contributed by atoms with Crippen LogP contribution in [0.15, 0.2) is 28.7 Å². The number of hydrogen-bond donors (Lipinski definition) is 1. The van der Waals surface area contributed by atoms with Crippen molar-refractivity contribution in [1.82, 2.24) is 10.2 Å². The molecule has 9 heteroatoms. The van der Waals surface area contributed by atoms with Gasteiger partial charge in [-0.2, -0.15) is 0 Å². The molecule has 2 rings (SSSR count). The number of aromatic nitrogens is 2. The molecule has 0 fully saturated rings. The molecule has 6 nitrogen and oxygen atoms in total. The van der Waals surface area contributed by atoms with Crippen molar-refractivity contribution >= 4 is 46.7 Å². The normalized spacial score (nSPS) is 11.2. The molecule has 0 saturated carbocycles. The fraction of sp³-hybridized carbons (Fsp3) is 0.182. The van der Waals surface area contributed by atoms with E-state index in [-0.39, 0.29) is 11.9 Å². The van der Waals surface area contributed by atoms with Crippen LogP contribution in [-0.2, 0) is 4.79 Å². The summed E-state index contributed by atoms with van der Waals surface area (Å²) in [7, 11) is 1.56. The molecule has 106 valence electrons. The van der Waals surface area contributed by atoms with Crippen LogP contribution in [0.5, 0.6) is 5.75 Å². The highest BCUT2D eigenvalue weighted by molar-refractivity contribution is 6.76. The van der Waals surface area contributed by atoms with Crippen LogP contribution in [0.4, 0.5) is 6.01 Å². The summed E-state index contributed by atoms with van der Waals surface area (Å²) in [5.41, 5.74) is 0.660. The van der Waals surface area contributed by atoms with E-state index in [4.69, 9.17) is 44.0 Å². The highest BCUT2D eigenvalue weighted by atomic mass is 35.6. The third-order valence-electron chi connectivity index (χ3n) is 2.24. The lowest BCUT2D eigenvalue weighted by Crippen LogP contribution is -2.27. The number of benzene rings is 1. The second-order valence-corrected chi connectivity index (χ2v) is 5.87. The Balaban J connectivity index is 2.14. The average molecular weight is 337 g/mol. The molecule has 1 heterocycles. The molecule has 1 N–H and O–H groups in total. The Morgan fingerprint density at radius 2 is 1.90 bits per heavy atom. The highest BCUT2D eigenvalue weighted by Gasteiger charge is 2.31. The second kappa shape index (κ2) is 5.87. The van der Waals surface area contributed by atoms with Crippen molar-refractivity contribution < 1.29 is 13.9 Å². The van der Waals surface area contributed by atoms with Crippen molar-refractivity contribution in [3.8, 4) is 17.2 Å². The molecular weight excluding hydrogens is 328 g/mol. The average Bonchev–Trinajstić information content (AvgIpc) is 2.86. The number of ether oxygens (including phenoxy) is 1. The summed E-state index contributed by atoms with van der Waals surface area (Å²) in [6.07, 6.45) is 0. The fourth-order valence-corrected chi connectivity index (χ4v) is 1.43. The van der Waals surface area contributed by atoms with Crippen molar-refractivity contribution in [2.45, 2.75) is 3.79 Å². The van der Waals surface area contributed by atoms with Gasteiger partial charge in [0.25, 0.3) is 9.70 Å². The largest absolute Gasteiger partial charge is 0.497 e. The summed E-state index contributed by atoms with van der Waals surface area (Å²) < 4.78 is 8.17. The Kier molecular flexibility index (Phi) is 4.37. The summed E-state index contributed by atoms with van der Waals surface area (Å²) in [6, 6.07) is 6.77. The first-order valence-electron chi connectivity index (χ1n) is 5.26. The van der Waals surface area contributed by atoms with Crippen LogP contribution in [0.2, 0.25) is 0 Å². The minimum absolute atomic E-state index is 0.160. The van der Waals surface area contributed by atoms with Gasteiger partial charge in [-0.15, -0.1) is 5.10 Å². The minimum Gasteiger partial charge on any atom is -0.497 e. The van der Waals surface area contributed by atoms with E-state index < -0.39 is 9.70 Å². The quantitative estimate of drug-likeness (QED) is 0.872. The van der Waals surface area contributed by atoms with E-state index >= 15 is 0 Å². The van der Waals surface area contributed by atoms with Gasteiger partial charge in [0, 0.05) is 5.56 Å². The predicted octanol–water partition coefficient (Wildman–Crippen LogP) is 3.05. The number of carbonyl (C=O) groups is 1. The van der Waals surface area contributed by atoms with Gasteiger partial charge in [-0.25, -0.2) is 0 Å². The molecule has 1 amide bonds. The molecule has 0 unspecified atom stereocenters. The maximum Gasteiger partial charge on any atom is 0.322 e. The number of anilines is 1. The van der Waals surface area contributed by atoms with Crippen LogP contribution in [-0.4, -0.2) is 27.0 Å². The third-order valence-corrected chi connectivity index (χ3v) is 2.75. The maximum absolute atomic E-state index is 11.4. The summed E-state index contributed by atoms with van der Waals surface area (Å²) in [5.74, 6) is 0.0256. The smallest absolute Gasteiger partial charge is 0.322 e. The monoisotopic (exact) mass is 335 g/mol. The second-order valence-electron chi connectivity index (χ2n) is 3.59. The van der Waals surface area contributed by atoms with Gasteiger partial charge in [0.15, 0.2) is 0 Å². The summed E-state index contributed by atoms with van der Waals surface area (Å²) >= 11 is 16.2. The summed E-state index contributed by atoms with van der Waals surface area (Å²) in [4.78, 5) is 11.4. The van der Waals surface area contributed by atoms with Gasteiger partial charge in [0.1, 0.15) is 5.75 Å². The first-order chi connectivity index (χ1) is 9.40. The summed E-state index contributed by atoms with van der Waals surface area (Å²) in [5, 5.41) is 9.60. The molecular formula is C11H8Cl3N3O3. The Morgan fingerprint density at radius 1 is 1.25 bits per heavy atom. The van der Waals surface area contributed by atoms with Gasteiger partial charge in [-0.1, -0.05) is 39.9 Å². The maximum atomic E-state index is 11.4. The van der Waals surface area contributed by atoms with Gasteiger partial charge < -0.3 is 9.15 Å². The molecule has 2 aromatic rings. The lowest BCUT2D eigenvalue weighted by molar-refractivity contribution is -0.115. The predicted molar refractivity (Wildman–Crippen MR) is 75.2 cm³/mol. The van der Waals surface area contributed by atoms with E-state index in [2.05, 4.69) is 15.5 Å². The molecule has 0 aliphatic heterocycles. The Labute approximate surface area is 129 Å². The van der Waals surface area contributed by atoms with Crippen LogP contribution < -0.4 is 10.1 Å². The molecule has 0 saturated heterocycles. The molecule has 0 spiro atoms. The summed E-state index contributed by atoms with van der Waals surface area (Å²) in [6.45, 7) is 0. The third kappa shape index (κ3) is 3.53. The SMILES string of the molecule is COc1ccc(-c2nnc(NC(=O)C(Cl)(Cl)Cl)o2)cc1. The number of rotatable bonds is 3. The number of amides is 1. The van der Waals surface area contributed by atoms with Gasteiger partial charge in [-0.05, 0) is 24.3 Å². The van der Waals surface area contributed by atoms with Crippen molar-refractivity contribution in [3.63, 3.8) is 0 Å². The van der Waals surface area contributed by atoms with E-state index in [1.54, 1.807) is 31.4 Å². The molecule has 0 radical (unpaired) electrons. The zero-order chi connectivity index (χ0) is 14.8. The lowest BCUT2D eigenvalue weighted by atomic mass is 10.2.